The molecule has 3 rings (SSSR count). The van der Waals surface area contributed by atoms with Crippen molar-refractivity contribution in [1.82, 2.24) is 4.90 Å². The Morgan fingerprint density at radius 3 is 2.13 bits per heavy atom. The van der Waals surface area contributed by atoms with Crippen LogP contribution >= 0.6 is 0 Å². The lowest BCUT2D eigenvalue weighted by molar-refractivity contribution is -0.143. The lowest BCUT2D eigenvalue weighted by Gasteiger charge is -2.37. The number of benzene rings is 2. The van der Waals surface area contributed by atoms with Crippen molar-refractivity contribution in [2.75, 3.05) is 45.3 Å². The van der Waals surface area contributed by atoms with Gasteiger partial charge in [-0.25, -0.2) is 0 Å². The molecular formula is C25H34N2O4. The van der Waals surface area contributed by atoms with Crippen molar-refractivity contribution in [3.63, 3.8) is 0 Å². The summed E-state index contributed by atoms with van der Waals surface area (Å²) in [4.78, 5) is 15.9. The Labute approximate surface area is 185 Å². The molecule has 1 saturated heterocycles. The fraction of sp³-hybridized carbons (Fsp3) is 0.480. The fourth-order valence-corrected chi connectivity index (χ4v) is 4.21. The number of carboxylic acids is 1. The van der Waals surface area contributed by atoms with Crippen LogP contribution in [0.4, 0.5) is 5.69 Å². The second-order valence-corrected chi connectivity index (χ2v) is 8.11. The maximum Gasteiger partial charge on any atom is 0.306 e. The first-order chi connectivity index (χ1) is 14.9. The highest BCUT2D eigenvalue weighted by atomic mass is 16.5. The second-order valence-electron chi connectivity index (χ2n) is 8.11. The van der Waals surface area contributed by atoms with E-state index in [-0.39, 0.29) is 12.0 Å². The molecule has 1 unspecified atom stereocenters. The molecule has 1 N–H and O–H groups in total. The monoisotopic (exact) mass is 426 g/mol. The average Bonchev–Trinajstić information content (AvgIpc) is 2.76. The molecule has 1 atom stereocenters. The number of hydrogen-bond acceptors (Lipinski definition) is 5. The summed E-state index contributed by atoms with van der Waals surface area (Å²) in [5, 5.41) is 9.40. The molecule has 0 spiro atoms. The van der Waals surface area contributed by atoms with Crippen LogP contribution in [0.15, 0.2) is 42.5 Å². The Bertz CT molecular complexity index is 858. The maximum atomic E-state index is 11.4. The summed E-state index contributed by atoms with van der Waals surface area (Å²) >= 11 is 0. The Morgan fingerprint density at radius 2 is 1.58 bits per heavy atom. The van der Waals surface area contributed by atoms with Gasteiger partial charge in [0.1, 0.15) is 0 Å². The second kappa shape index (κ2) is 10.5. The van der Waals surface area contributed by atoms with E-state index in [9.17, 15) is 9.90 Å². The first-order valence-electron chi connectivity index (χ1n) is 11.1. The van der Waals surface area contributed by atoms with Crippen molar-refractivity contribution in [3.8, 4) is 11.5 Å². The normalized spacial score (nSPS) is 16.0. The number of carbonyl (C=O) groups is 1. The van der Waals surface area contributed by atoms with Gasteiger partial charge in [0, 0.05) is 19.8 Å². The largest absolute Gasteiger partial charge is 0.490 e. The number of ether oxygens (including phenoxy) is 2. The van der Waals surface area contributed by atoms with E-state index < -0.39 is 5.97 Å². The summed E-state index contributed by atoms with van der Waals surface area (Å²) in [7, 11) is 4.06. The van der Waals surface area contributed by atoms with Crippen LogP contribution < -0.4 is 14.4 Å². The van der Waals surface area contributed by atoms with E-state index in [1.165, 1.54) is 5.56 Å². The number of carboxylic acid groups (broad SMARTS) is 1. The summed E-state index contributed by atoms with van der Waals surface area (Å²) < 4.78 is 11.6. The predicted molar refractivity (Wildman–Crippen MR) is 123 cm³/mol. The van der Waals surface area contributed by atoms with Gasteiger partial charge in [-0.2, -0.15) is 0 Å². The van der Waals surface area contributed by atoms with Crippen molar-refractivity contribution in [2.24, 2.45) is 5.92 Å². The molecule has 2 aromatic rings. The van der Waals surface area contributed by atoms with Gasteiger partial charge in [0.25, 0.3) is 0 Å². The average molecular weight is 427 g/mol. The summed E-state index contributed by atoms with van der Waals surface area (Å²) in [6.07, 6.45) is 1.33. The first-order valence-corrected chi connectivity index (χ1v) is 11.1. The Morgan fingerprint density at radius 1 is 1.00 bits per heavy atom. The van der Waals surface area contributed by atoms with Crippen LogP contribution in [0.3, 0.4) is 0 Å². The maximum absolute atomic E-state index is 11.4. The van der Waals surface area contributed by atoms with Crippen LogP contribution in [-0.2, 0) is 4.79 Å². The third-order valence-electron chi connectivity index (χ3n) is 5.85. The van der Waals surface area contributed by atoms with Gasteiger partial charge in [-0.1, -0.05) is 18.2 Å². The number of aliphatic carboxylic acids is 1. The lowest BCUT2D eigenvalue weighted by atomic mass is 9.91. The summed E-state index contributed by atoms with van der Waals surface area (Å²) in [5.74, 6) is 0.551. The molecule has 0 bridgehead atoms. The highest BCUT2D eigenvalue weighted by molar-refractivity contribution is 5.70. The zero-order valence-electron chi connectivity index (χ0n) is 19.0. The molecule has 6 heteroatoms. The Hall–Kier alpha value is -2.73. The van der Waals surface area contributed by atoms with Gasteiger partial charge in [-0.3, -0.25) is 9.69 Å². The Balaban J connectivity index is 1.97. The summed E-state index contributed by atoms with van der Waals surface area (Å²) in [6, 6.07) is 14.8. The van der Waals surface area contributed by atoms with Gasteiger partial charge >= 0.3 is 5.97 Å². The molecule has 0 radical (unpaired) electrons. The summed E-state index contributed by atoms with van der Waals surface area (Å²) in [5.41, 5.74) is 3.46. The van der Waals surface area contributed by atoms with Crippen LogP contribution in [0.5, 0.6) is 11.5 Å². The van der Waals surface area contributed by atoms with Crippen LogP contribution in [0.25, 0.3) is 0 Å². The van der Waals surface area contributed by atoms with Crippen molar-refractivity contribution in [1.29, 1.82) is 0 Å². The highest BCUT2D eigenvalue weighted by Crippen LogP contribution is 2.37. The number of piperidine rings is 1. The fourth-order valence-electron chi connectivity index (χ4n) is 4.21. The number of anilines is 1. The highest BCUT2D eigenvalue weighted by Gasteiger charge is 2.30. The van der Waals surface area contributed by atoms with Crippen molar-refractivity contribution >= 4 is 11.7 Å². The molecule has 1 heterocycles. The van der Waals surface area contributed by atoms with Crippen LogP contribution in [0.2, 0.25) is 0 Å². The van der Waals surface area contributed by atoms with Gasteiger partial charge in [-0.05, 0) is 75.2 Å². The number of likely N-dealkylation sites (tertiary alicyclic amines) is 1. The molecule has 0 aliphatic carbocycles. The third-order valence-corrected chi connectivity index (χ3v) is 5.85. The molecule has 0 aromatic heterocycles. The molecule has 0 saturated carbocycles. The molecule has 6 nitrogen and oxygen atoms in total. The topological polar surface area (TPSA) is 62.2 Å². The molecule has 1 aliphatic rings. The zero-order chi connectivity index (χ0) is 22.4. The van der Waals surface area contributed by atoms with Crippen LogP contribution in [-0.4, -0.2) is 56.4 Å². The van der Waals surface area contributed by atoms with E-state index in [2.05, 4.69) is 46.2 Å². The van der Waals surface area contributed by atoms with E-state index >= 15 is 0 Å². The SMILES string of the molecule is CCOc1ccc(C(c2ccc(N(C)C)cc2)N2CCC(C(=O)O)CC2)cc1OCC. The minimum Gasteiger partial charge on any atom is -0.490 e. The van der Waals surface area contributed by atoms with Gasteiger partial charge < -0.3 is 19.5 Å². The number of rotatable bonds is 9. The van der Waals surface area contributed by atoms with Gasteiger partial charge in [0.15, 0.2) is 11.5 Å². The molecule has 1 fully saturated rings. The molecule has 31 heavy (non-hydrogen) atoms. The quantitative estimate of drug-likeness (QED) is 0.640. The van der Waals surface area contributed by atoms with E-state index in [4.69, 9.17) is 9.47 Å². The van der Waals surface area contributed by atoms with Gasteiger partial charge in [-0.15, -0.1) is 0 Å². The standard InChI is InChI=1S/C25H34N2O4/c1-5-30-22-12-9-20(17-23(22)31-6-2)24(18-7-10-21(11-8-18)26(3)4)27-15-13-19(14-16-27)25(28)29/h7-12,17,19,24H,5-6,13-16H2,1-4H3,(H,28,29). The minimum atomic E-state index is -0.689. The van der Waals surface area contributed by atoms with E-state index in [0.717, 1.165) is 35.8 Å². The smallest absolute Gasteiger partial charge is 0.306 e. The number of hydrogen-bond donors (Lipinski definition) is 1. The summed E-state index contributed by atoms with van der Waals surface area (Å²) in [6.45, 7) is 6.57. The molecule has 2 aromatic carbocycles. The van der Waals surface area contributed by atoms with Gasteiger partial charge in [0.05, 0.1) is 25.2 Å². The van der Waals surface area contributed by atoms with E-state index in [0.29, 0.717) is 26.1 Å². The van der Waals surface area contributed by atoms with Crippen molar-refractivity contribution in [3.05, 3.63) is 53.6 Å². The third kappa shape index (κ3) is 5.50. The molecule has 168 valence electrons. The molecular weight excluding hydrogens is 392 g/mol. The Kier molecular flexibility index (Phi) is 7.80. The minimum absolute atomic E-state index is 0.0286. The van der Waals surface area contributed by atoms with Crippen molar-refractivity contribution < 1.29 is 19.4 Å². The molecule has 1 aliphatic heterocycles. The molecule has 0 amide bonds. The number of nitrogens with zero attached hydrogens (tertiary/aromatic N) is 2. The predicted octanol–water partition coefficient (Wildman–Crippen LogP) is 4.44. The van der Waals surface area contributed by atoms with E-state index in [1.807, 2.05) is 34.0 Å². The van der Waals surface area contributed by atoms with Crippen LogP contribution in [0.1, 0.15) is 43.9 Å². The first kappa shape index (κ1) is 22.9. The zero-order valence-corrected chi connectivity index (χ0v) is 19.0. The van der Waals surface area contributed by atoms with E-state index in [1.54, 1.807) is 0 Å². The lowest BCUT2D eigenvalue weighted by Crippen LogP contribution is -2.39. The van der Waals surface area contributed by atoms with Crippen LogP contribution in [0, 0.1) is 5.92 Å². The van der Waals surface area contributed by atoms with Crippen molar-refractivity contribution in [2.45, 2.75) is 32.7 Å². The van der Waals surface area contributed by atoms with Gasteiger partial charge in [0.2, 0.25) is 0 Å².